The van der Waals surface area contributed by atoms with Crippen molar-refractivity contribution >= 4 is 29.2 Å². The Morgan fingerprint density at radius 2 is 1.83 bits per heavy atom. The van der Waals surface area contributed by atoms with Crippen LogP contribution < -0.4 is 16.0 Å². The molecule has 35 heavy (non-hydrogen) atoms. The number of hydrogen-bond donors (Lipinski definition) is 3. The molecule has 11 heteroatoms. The van der Waals surface area contributed by atoms with Crippen LogP contribution in [0.25, 0.3) is 11.5 Å². The van der Waals surface area contributed by atoms with Crippen molar-refractivity contribution in [1.82, 2.24) is 35.2 Å². The third-order valence-electron chi connectivity index (χ3n) is 5.20. The summed E-state index contributed by atoms with van der Waals surface area (Å²) in [5.41, 5.74) is 2.47. The summed E-state index contributed by atoms with van der Waals surface area (Å²) >= 11 is 0. The number of carbonyl (C=O) groups excluding carboxylic acids is 1. The van der Waals surface area contributed by atoms with Gasteiger partial charge in [0.2, 0.25) is 5.95 Å². The molecule has 5 heterocycles. The zero-order valence-electron chi connectivity index (χ0n) is 19.0. The van der Waals surface area contributed by atoms with E-state index in [4.69, 9.17) is 4.74 Å². The Kier molecular flexibility index (Phi) is 6.48. The Balaban J connectivity index is 1.24. The lowest BCUT2D eigenvalue weighted by Gasteiger charge is -2.11. The van der Waals surface area contributed by atoms with Crippen LogP contribution in [0.5, 0.6) is 0 Å². The lowest BCUT2D eigenvalue weighted by Crippen LogP contribution is -2.21. The third kappa shape index (κ3) is 5.71. The average molecular weight is 470 g/mol. The number of anilines is 4. The summed E-state index contributed by atoms with van der Waals surface area (Å²) in [6.07, 6.45) is 5.53. The summed E-state index contributed by atoms with van der Waals surface area (Å²) < 4.78 is 5.44. The minimum absolute atomic E-state index is 0.107. The second kappa shape index (κ2) is 10.2. The number of nitrogens with one attached hydrogen (secondary N) is 3. The van der Waals surface area contributed by atoms with Crippen LogP contribution in [-0.4, -0.2) is 55.1 Å². The van der Waals surface area contributed by atoms with E-state index in [2.05, 4.69) is 45.9 Å². The van der Waals surface area contributed by atoms with E-state index in [1.54, 1.807) is 42.9 Å². The number of carbonyl (C=O) groups is 1. The van der Waals surface area contributed by atoms with Crippen molar-refractivity contribution in [3.05, 3.63) is 72.4 Å². The standard InChI is InChI=1S/C24H23N9O2/c1-15-3-2-4-18(29-15)22-26-11-8-20(32-22)31-21-9-12-27-24(33-21)30-16-5-6-19(28-13-16)23(34)35-17-7-10-25-14-17/h2-6,8-9,11-13,17,25H,7,10,14H2,1H3,(H2,26,27,30,31,32,33)/t17-/m1/s1. The van der Waals surface area contributed by atoms with Gasteiger partial charge in [0, 0.05) is 24.6 Å². The van der Waals surface area contributed by atoms with Crippen LogP contribution in [0.3, 0.4) is 0 Å². The van der Waals surface area contributed by atoms with E-state index in [1.165, 1.54) is 0 Å². The van der Waals surface area contributed by atoms with E-state index in [1.807, 2.05) is 25.1 Å². The highest BCUT2D eigenvalue weighted by Crippen LogP contribution is 2.19. The minimum atomic E-state index is -0.433. The molecule has 3 N–H and O–H groups in total. The molecule has 0 radical (unpaired) electrons. The molecule has 1 aliphatic heterocycles. The summed E-state index contributed by atoms with van der Waals surface area (Å²) in [6, 6.07) is 12.5. The zero-order chi connectivity index (χ0) is 24.0. The van der Waals surface area contributed by atoms with E-state index < -0.39 is 5.97 Å². The largest absolute Gasteiger partial charge is 0.456 e. The molecule has 0 bridgehead atoms. The van der Waals surface area contributed by atoms with E-state index in [9.17, 15) is 4.79 Å². The molecule has 5 rings (SSSR count). The van der Waals surface area contributed by atoms with E-state index in [0.29, 0.717) is 41.3 Å². The molecule has 0 aromatic carbocycles. The van der Waals surface area contributed by atoms with Crippen LogP contribution in [0.1, 0.15) is 22.6 Å². The first-order valence-electron chi connectivity index (χ1n) is 11.1. The van der Waals surface area contributed by atoms with Gasteiger partial charge in [-0.3, -0.25) is 0 Å². The summed E-state index contributed by atoms with van der Waals surface area (Å²) in [5.74, 6) is 1.56. The van der Waals surface area contributed by atoms with E-state index >= 15 is 0 Å². The summed E-state index contributed by atoms with van der Waals surface area (Å²) in [7, 11) is 0. The number of rotatable bonds is 7. The van der Waals surface area contributed by atoms with Gasteiger partial charge in [0.05, 0.1) is 11.9 Å². The van der Waals surface area contributed by atoms with Crippen molar-refractivity contribution in [2.24, 2.45) is 0 Å². The number of hydrogen-bond acceptors (Lipinski definition) is 11. The van der Waals surface area contributed by atoms with Gasteiger partial charge in [0.1, 0.15) is 29.1 Å². The molecule has 0 aliphatic carbocycles. The van der Waals surface area contributed by atoms with Crippen molar-refractivity contribution in [3.63, 3.8) is 0 Å². The van der Waals surface area contributed by atoms with Crippen LogP contribution in [0.2, 0.25) is 0 Å². The molecule has 4 aromatic heterocycles. The molecule has 1 aliphatic rings. The number of esters is 1. The summed E-state index contributed by atoms with van der Waals surface area (Å²) in [6.45, 7) is 3.45. The Morgan fingerprint density at radius 3 is 2.60 bits per heavy atom. The van der Waals surface area contributed by atoms with Crippen LogP contribution >= 0.6 is 0 Å². The molecule has 11 nitrogen and oxygen atoms in total. The smallest absolute Gasteiger partial charge is 0.357 e. The predicted octanol–water partition coefficient (Wildman–Crippen LogP) is 3.04. The quantitative estimate of drug-likeness (QED) is 0.344. The van der Waals surface area contributed by atoms with Gasteiger partial charge < -0.3 is 20.7 Å². The highest BCUT2D eigenvalue weighted by molar-refractivity contribution is 5.87. The van der Waals surface area contributed by atoms with Gasteiger partial charge >= 0.3 is 5.97 Å². The monoisotopic (exact) mass is 469 g/mol. The molecule has 0 unspecified atom stereocenters. The SMILES string of the molecule is Cc1cccc(-c2nccc(Nc3ccnc(Nc4ccc(C(=O)O[C@@H]5CCNC5)nc4)n3)n2)n1. The molecule has 176 valence electrons. The fourth-order valence-electron chi connectivity index (χ4n) is 3.50. The van der Waals surface area contributed by atoms with E-state index in [-0.39, 0.29) is 11.8 Å². The van der Waals surface area contributed by atoms with Gasteiger partial charge in [-0.05, 0) is 56.3 Å². The second-order valence-electron chi connectivity index (χ2n) is 7.90. The number of pyridine rings is 2. The normalized spacial score (nSPS) is 14.9. The first kappa shape index (κ1) is 22.3. The molecular formula is C24H23N9O2. The number of aryl methyl sites for hydroxylation is 1. The molecule has 0 spiro atoms. The molecule has 0 saturated carbocycles. The van der Waals surface area contributed by atoms with Crippen LogP contribution in [0, 0.1) is 6.92 Å². The lowest BCUT2D eigenvalue weighted by molar-refractivity contribution is 0.0337. The van der Waals surface area contributed by atoms with Gasteiger partial charge in [-0.25, -0.2) is 29.7 Å². The second-order valence-corrected chi connectivity index (χ2v) is 7.90. The van der Waals surface area contributed by atoms with Crippen LogP contribution in [0.4, 0.5) is 23.3 Å². The molecule has 1 fully saturated rings. The topological polar surface area (TPSA) is 140 Å². The fourth-order valence-corrected chi connectivity index (χ4v) is 3.50. The molecule has 4 aromatic rings. The maximum Gasteiger partial charge on any atom is 0.357 e. The Bertz CT molecular complexity index is 1320. The van der Waals surface area contributed by atoms with Gasteiger partial charge in [-0.15, -0.1) is 0 Å². The van der Waals surface area contributed by atoms with Gasteiger partial charge in [-0.2, -0.15) is 4.98 Å². The Labute approximate surface area is 201 Å². The van der Waals surface area contributed by atoms with Crippen molar-refractivity contribution in [1.29, 1.82) is 0 Å². The highest BCUT2D eigenvalue weighted by atomic mass is 16.5. The number of nitrogens with zero attached hydrogens (tertiary/aromatic N) is 6. The number of aromatic nitrogens is 6. The van der Waals surface area contributed by atoms with Gasteiger partial charge in [-0.1, -0.05) is 6.07 Å². The molecular weight excluding hydrogens is 446 g/mol. The molecule has 1 saturated heterocycles. The maximum atomic E-state index is 12.2. The van der Waals surface area contributed by atoms with Gasteiger partial charge in [0.15, 0.2) is 5.82 Å². The maximum absolute atomic E-state index is 12.2. The molecule has 1 atom stereocenters. The molecule has 0 amide bonds. The van der Waals surface area contributed by atoms with Crippen molar-refractivity contribution in [2.45, 2.75) is 19.4 Å². The minimum Gasteiger partial charge on any atom is -0.456 e. The van der Waals surface area contributed by atoms with Crippen LogP contribution in [0.15, 0.2) is 61.1 Å². The zero-order valence-corrected chi connectivity index (χ0v) is 19.0. The highest BCUT2D eigenvalue weighted by Gasteiger charge is 2.20. The third-order valence-corrected chi connectivity index (χ3v) is 5.20. The van der Waals surface area contributed by atoms with Gasteiger partial charge in [0.25, 0.3) is 0 Å². The van der Waals surface area contributed by atoms with Crippen LogP contribution in [-0.2, 0) is 4.74 Å². The Morgan fingerprint density at radius 1 is 0.971 bits per heavy atom. The summed E-state index contributed by atoms with van der Waals surface area (Å²) in [5, 5.41) is 9.41. The number of ether oxygens (including phenoxy) is 1. The lowest BCUT2D eigenvalue weighted by atomic mass is 10.3. The predicted molar refractivity (Wildman–Crippen MR) is 130 cm³/mol. The first-order valence-corrected chi connectivity index (χ1v) is 11.1. The first-order chi connectivity index (χ1) is 17.1. The van der Waals surface area contributed by atoms with Crippen molar-refractivity contribution < 1.29 is 9.53 Å². The van der Waals surface area contributed by atoms with E-state index in [0.717, 1.165) is 18.7 Å². The Hall–Kier alpha value is -4.51. The fraction of sp³-hybridized carbons (Fsp3) is 0.208. The summed E-state index contributed by atoms with van der Waals surface area (Å²) in [4.78, 5) is 38.5. The average Bonchev–Trinajstić information content (AvgIpc) is 3.38. The van der Waals surface area contributed by atoms with Crippen molar-refractivity contribution in [2.75, 3.05) is 23.7 Å². The van der Waals surface area contributed by atoms with Crippen molar-refractivity contribution in [3.8, 4) is 11.5 Å².